The minimum absolute atomic E-state index is 0.0816. The van der Waals surface area contributed by atoms with Gasteiger partial charge in [-0.15, -0.1) is 0 Å². The van der Waals surface area contributed by atoms with E-state index in [1.807, 2.05) is 25.1 Å². The van der Waals surface area contributed by atoms with E-state index in [9.17, 15) is 9.90 Å². The molecule has 2 aromatic carbocycles. The Morgan fingerprint density at radius 3 is 2.83 bits per heavy atom. The van der Waals surface area contributed by atoms with Crippen LogP contribution >= 0.6 is 11.8 Å². The maximum atomic E-state index is 12.6. The van der Waals surface area contributed by atoms with Gasteiger partial charge in [0.25, 0.3) is 5.91 Å². The Balaban J connectivity index is 1.33. The van der Waals surface area contributed by atoms with Crippen molar-refractivity contribution >= 4 is 28.7 Å². The van der Waals surface area contributed by atoms with Crippen LogP contribution in [0.25, 0.3) is 33.5 Å². The number of carbonyl (C=O) groups is 1. The maximum Gasteiger partial charge on any atom is 0.251 e. The number of imidazole rings is 1. The van der Waals surface area contributed by atoms with Crippen LogP contribution in [0.15, 0.2) is 59.9 Å². The van der Waals surface area contributed by atoms with Gasteiger partial charge in [0.1, 0.15) is 17.4 Å². The Morgan fingerprint density at radius 2 is 2.03 bits per heavy atom. The first-order valence-corrected chi connectivity index (χ1v) is 12.1. The second-order valence-corrected chi connectivity index (χ2v) is 8.99. The number of amides is 1. The van der Waals surface area contributed by atoms with Crippen molar-refractivity contribution in [2.24, 2.45) is 0 Å². The molecule has 5 aromatic rings. The van der Waals surface area contributed by atoms with Gasteiger partial charge in [0, 0.05) is 29.6 Å². The van der Waals surface area contributed by atoms with Gasteiger partial charge < -0.3 is 20.1 Å². The Hall–Kier alpha value is -4.38. The first kappa shape index (κ1) is 23.4. The number of benzene rings is 2. The van der Waals surface area contributed by atoms with Crippen LogP contribution in [0.1, 0.15) is 16.2 Å². The van der Waals surface area contributed by atoms with E-state index in [-0.39, 0.29) is 11.7 Å². The predicted molar refractivity (Wildman–Crippen MR) is 137 cm³/mol. The molecular formula is C25H23N7O3S. The monoisotopic (exact) mass is 501 g/mol. The molecule has 0 bridgehead atoms. The number of thioether (sulfide) groups is 1. The summed E-state index contributed by atoms with van der Waals surface area (Å²) in [6.45, 7) is 2.29. The summed E-state index contributed by atoms with van der Waals surface area (Å²) in [6, 6.07) is 14.2. The number of methoxy groups -OCH3 is 1. The third kappa shape index (κ3) is 4.86. The second kappa shape index (κ2) is 10.1. The number of ether oxygens (including phenoxy) is 1. The normalized spacial score (nSPS) is 11.1. The summed E-state index contributed by atoms with van der Waals surface area (Å²) < 4.78 is 5.37. The lowest BCUT2D eigenvalue weighted by Gasteiger charge is -2.09. The lowest BCUT2D eigenvalue weighted by molar-refractivity contribution is 0.0956. The van der Waals surface area contributed by atoms with Gasteiger partial charge in [0.2, 0.25) is 5.88 Å². The first-order valence-electron chi connectivity index (χ1n) is 11.1. The molecule has 5 rings (SSSR count). The number of carbonyl (C=O) groups excluding carboxylic acids is 1. The molecule has 36 heavy (non-hydrogen) atoms. The van der Waals surface area contributed by atoms with Gasteiger partial charge in [-0.05, 0) is 55.0 Å². The number of hydrogen-bond donors (Lipinski definition) is 4. The molecule has 3 heterocycles. The highest BCUT2D eigenvalue weighted by molar-refractivity contribution is 7.99. The molecule has 0 radical (unpaired) electrons. The summed E-state index contributed by atoms with van der Waals surface area (Å²) in [4.78, 5) is 29.0. The Morgan fingerprint density at radius 1 is 1.14 bits per heavy atom. The van der Waals surface area contributed by atoms with Crippen molar-refractivity contribution in [3.8, 4) is 34.1 Å². The molecule has 0 aliphatic heterocycles. The Bertz CT molecular complexity index is 1550. The highest BCUT2D eigenvalue weighted by Crippen LogP contribution is 2.35. The molecule has 1 amide bonds. The number of fused-ring (bicyclic) bond motifs is 1. The summed E-state index contributed by atoms with van der Waals surface area (Å²) >= 11 is 1.49. The van der Waals surface area contributed by atoms with Crippen molar-refractivity contribution in [2.75, 3.05) is 19.4 Å². The topological polar surface area (TPSA) is 142 Å². The number of nitrogens with one attached hydrogen (secondary N) is 3. The maximum absolute atomic E-state index is 12.6. The number of nitrogens with zero attached hydrogens (tertiary/aromatic N) is 4. The number of H-pyrrole nitrogens is 2. The molecule has 0 saturated heterocycles. The first-order chi connectivity index (χ1) is 17.5. The van der Waals surface area contributed by atoms with Crippen molar-refractivity contribution in [1.29, 1.82) is 0 Å². The highest BCUT2D eigenvalue weighted by atomic mass is 32.2. The predicted octanol–water partition coefficient (Wildman–Crippen LogP) is 3.95. The smallest absolute Gasteiger partial charge is 0.251 e. The number of aryl methyl sites for hydroxylation is 1. The highest BCUT2D eigenvalue weighted by Gasteiger charge is 2.15. The van der Waals surface area contributed by atoms with Crippen LogP contribution in [0.3, 0.4) is 0 Å². The zero-order valence-electron chi connectivity index (χ0n) is 19.6. The number of hydrogen-bond acceptors (Lipinski definition) is 8. The van der Waals surface area contributed by atoms with Gasteiger partial charge in [-0.1, -0.05) is 17.8 Å². The third-order valence-electron chi connectivity index (χ3n) is 5.48. The number of aromatic amines is 2. The number of aromatic hydroxyl groups is 1. The number of rotatable bonds is 8. The van der Waals surface area contributed by atoms with Crippen molar-refractivity contribution in [1.82, 2.24) is 35.5 Å². The molecule has 0 fully saturated rings. The number of phenols is 1. The van der Waals surface area contributed by atoms with E-state index in [0.717, 1.165) is 21.8 Å². The third-order valence-corrected chi connectivity index (χ3v) is 6.34. The number of phenolic OH excluding ortho intramolecular Hbond substituents is 1. The average Bonchev–Trinajstić information content (AvgIpc) is 3.52. The summed E-state index contributed by atoms with van der Waals surface area (Å²) in [5.41, 5.74) is 4.02. The van der Waals surface area contributed by atoms with Crippen molar-refractivity contribution in [3.05, 3.63) is 66.1 Å². The van der Waals surface area contributed by atoms with Crippen LogP contribution in [0, 0.1) is 6.92 Å². The Kier molecular flexibility index (Phi) is 6.54. The SMILES string of the molecule is COc1ncccc1-c1ccc(O)c(-c2nc3cc(C(=O)NCCSc4nc(C)n[nH]4)ccc3[nH]2)c1. The van der Waals surface area contributed by atoms with E-state index in [2.05, 4.69) is 35.5 Å². The fourth-order valence-electron chi connectivity index (χ4n) is 3.75. The van der Waals surface area contributed by atoms with Crippen LogP contribution in [0.2, 0.25) is 0 Å². The minimum atomic E-state index is -0.190. The molecule has 11 heteroatoms. The lowest BCUT2D eigenvalue weighted by Crippen LogP contribution is -2.25. The van der Waals surface area contributed by atoms with Crippen molar-refractivity contribution in [3.63, 3.8) is 0 Å². The summed E-state index contributed by atoms with van der Waals surface area (Å²) in [5, 5.41) is 21.0. The lowest BCUT2D eigenvalue weighted by atomic mass is 10.0. The van der Waals surface area contributed by atoms with Gasteiger partial charge in [0.05, 0.1) is 23.7 Å². The van der Waals surface area contributed by atoms with Crippen molar-refractivity contribution in [2.45, 2.75) is 12.1 Å². The Labute approximate surface area is 210 Å². The molecule has 0 atom stereocenters. The van der Waals surface area contributed by atoms with E-state index in [0.29, 0.717) is 46.5 Å². The van der Waals surface area contributed by atoms with Gasteiger partial charge in [-0.3, -0.25) is 9.89 Å². The van der Waals surface area contributed by atoms with Crippen LogP contribution < -0.4 is 10.1 Å². The summed E-state index contributed by atoms with van der Waals surface area (Å²) in [6.07, 6.45) is 1.66. The molecule has 0 unspecified atom stereocenters. The summed E-state index contributed by atoms with van der Waals surface area (Å²) in [5.74, 6) is 2.21. The zero-order valence-corrected chi connectivity index (χ0v) is 20.4. The van der Waals surface area contributed by atoms with Gasteiger partial charge in [-0.25, -0.2) is 15.0 Å². The van der Waals surface area contributed by atoms with E-state index in [1.165, 1.54) is 11.8 Å². The molecule has 10 nitrogen and oxygen atoms in total. The van der Waals surface area contributed by atoms with Crippen molar-refractivity contribution < 1.29 is 14.6 Å². The van der Waals surface area contributed by atoms with E-state index in [1.54, 1.807) is 43.6 Å². The summed E-state index contributed by atoms with van der Waals surface area (Å²) in [7, 11) is 1.57. The zero-order chi connectivity index (χ0) is 25.1. The fraction of sp³-hybridized carbons (Fsp3) is 0.160. The number of aromatic nitrogens is 6. The molecule has 0 saturated carbocycles. The second-order valence-electron chi connectivity index (χ2n) is 7.90. The van der Waals surface area contributed by atoms with Gasteiger partial charge in [-0.2, -0.15) is 5.10 Å². The molecule has 4 N–H and O–H groups in total. The molecule has 0 aliphatic rings. The largest absolute Gasteiger partial charge is 0.507 e. The van der Waals surface area contributed by atoms with Crippen LogP contribution in [-0.2, 0) is 0 Å². The fourth-order valence-corrected chi connectivity index (χ4v) is 4.45. The minimum Gasteiger partial charge on any atom is -0.507 e. The van der Waals surface area contributed by atoms with Crippen LogP contribution in [0.4, 0.5) is 0 Å². The molecule has 182 valence electrons. The van der Waals surface area contributed by atoms with Crippen LogP contribution in [-0.4, -0.2) is 60.6 Å². The molecule has 3 aromatic heterocycles. The molecule has 0 spiro atoms. The van der Waals surface area contributed by atoms with E-state index >= 15 is 0 Å². The quantitative estimate of drug-likeness (QED) is 0.185. The van der Waals surface area contributed by atoms with E-state index in [4.69, 9.17) is 4.74 Å². The van der Waals surface area contributed by atoms with E-state index < -0.39 is 0 Å². The average molecular weight is 502 g/mol. The number of pyridine rings is 1. The van der Waals surface area contributed by atoms with Gasteiger partial charge >= 0.3 is 0 Å². The molecular weight excluding hydrogens is 478 g/mol. The van der Waals surface area contributed by atoms with Gasteiger partial charge in [0.15, 0.2) is 5.16 Å². The standard InChI is InChI=1S/C25H23N7O3S/c1-14-28-25(32-31-14)36-11-10-26-23(34)16-5-7-19-20(13-16)30-22(29-19)18-12-15(6-8-21(18)33)17-4-3-9-27-24(17)35-2/h3-9,12-13,33H,10-11H2,1-2H3,(H,26,34)(H,29,30)(H,28,31,32). The molecule has 0 aliphatic carbocycles. The van der Waals surface area contributed by atoms with Crippen LogP contribution in [0.5, 0.6) is 11.6 Å².